The predicted octanol–water partition coefficient (Wildman–Crippen LogP) is 3.65. The van der Waals surface area contributed by atoms with Crippen molar-refractivity contribution in [3.63, 3.8) is 0 Å². The fourth-order valence-corrected chi connectivity index (χ4v) is 2.20. The van der Waals surface area contributed by atoms with Crippen LogP contribution in [0.25, 0.3) is 10.9 Å². The van der Waals surface area contributed by atoms with Gasteiger partial charge >= 0.3 is 0 Å². The summed E-state index contributed by atoms with van der Waals surface area (Å²) in [6.07, 6.45) is 2.35. The van der Waals surface area contributed by atoms with Crippen LogP contribution in [0.15, 0.2) is 18.2 Å². The number of hydrogen-bond donors (Lipinski definition) is 0. The molecule has 1 heterocycles. The van der Waals surface area contributed by atoms with Crippen LogP contribution in [0.3, 0.4) is 0 Å². The molecule has 2 heteroatoms. The van der Waals surface area contributed by atoms with E-state index in [1.54, 1.807) is 0 Å². The van der Waals surface area contributed by atoms with Gasteiger partial charge in [-0.15, -0.1) is 0 Å². The Bertz CT molecular complexity index is 495. The molecule has 0 saturated heterocycles. The van der Waals surface area contributed by atoms with Gasteiger partial charge < -0.3 is 0 Å². The highest BCUT2D eigenvalue weighted by molar-refractivity contribution is 5.83. The number of aromatic nitrogens is 2. The van der Waals surface area contributed by atoms with Gasteiger partial charge in [-0.25, -0.2) is 0 Å². The quantitative estimate of drug-likeness (QED) is 0.765. The summed E-state index contributed by atoms with van der Waals surface area (Å²) in [4.78, 5) is 0. The number of nitrogens with zero attached hydrogens (tertiary/aromatic N) is 2. The molecule has 0 spiro atoms. The van der Waals surface area contributed by atoms with Crippen LogP contribution in [0.5, 0.6) is 0 Å². The van der Waals surface area contributed by atoms with Crippen molar-refractivity contribution >= 4 is 10.9 Å². The van der Waals surface area contributed by atoms with Gasteiger partial charge in [-0.05, 0) is 24.0 Å². The second kappa shape index (κ2) is 4.28. The first-order valence-corrected chi connectivity index (χ1v) is 6.09. The molecule has 0 aliphatic rings. The van der Waals surface area contributed by atoms with E-state index in [0.29, 0.717) is 5.92 Å². The molecule has 0 fully saturated rings. The van der Waals surface area contributed by atoms with E-state index in [2.05, 4.69) is 44.1 Å². The molecule has 86 valence electrons. The maximum atomic E-state index is 4.61. The molecule has 0 saturated carbocycles. The van der Waals surface area contributed by atoms with Crippen LogP contribution < -0.4 is 0 Å². The van der Waals surface area contributed by atoms with E-state index in [1.165, 1.54) is 28.6 Å². The zero-order valence-electron chi connectivity index (χ0n) is 10.6. The molecule has 0 unspecified atom stereocenters. The van der Waals surface area contributed by atoms with Crippen molar-refractivity contribution in [3.05, 3.63) is 29.5 Å². The highest BCUT2D eigenvalue weighted by Crippen LogP contribution is 2.25. The molecule has 1 aromatic carbocycles. The Hall–Kier alpha value is -1.31. The average Bonchev–Trinajstić information content (AvgIpc) is 2.57. The molecule has 2 aromatic rings. The maximum absolute atomic E-state index is 4.61. The van der Waals surface area contributed by atoms with Crippen LogP contribution in [-0.4, -0.2) is 9.78 Å². The van der Waals surface area contributed by atoms with Crippen molar-refractivity contribution in [3.8, 4) is 0 Å². The minimum absolute atomic E-state index is 0.487. The van der Waals surface area contributed by atoms with Gasteiger partial charge in [-0.3, -0.25) is 4.68 Å². The summed E-state index contributed by atoms with van der Waals surface area (Å²) in [5.41, 5.74) is 3.88. The third kappa shape index (κ3) is 1.84. The van der Waals surface area contributed by atoms with Crippen molar-refractivity contribution in [2.45, 2.75) is 39.5 Å². The number of benzene rings is 1. The first kappa shape index (κ1) is 11.2. The Morgan fingerprint density at radius 2 is 2.06 bits per heavy atom. The van der Waals surface area contributed by atoms with Crippen LogP contribution in [0.1, 0.15) is 44.4 Å². The van der Waals surface area contributed by atoms with Gasteiger partial charge in [-0.1, -0.05) is 39.3 Å². The van der Waals surface area contributed by atoms with Crippen LogP contribution >= 0.6 is 0 Å². The molecule has 0 bridgehead atoms. The number of aryl methyl sites for hydroxylation is 2. The van der Waals surface area contributed by atoms with Crippen LogP contribution in [0, 0.1) is 0 Å². The summed E-state index contributed by atoms with van der Waals surface area (Å²) in [6.45, 7) is 6.61. The van der Waals surface area contributed by atoms with Crippen molar-refractivity contribution in [1.82, 2.24) is 9.78 Å². The highest BCUT2D eigenvalue weighted by Gasteiger charge is 2.11. The van der Waals surface area contributed by atoms with Crippen molar-refractivity contribution < 1.29 is 0 Å². The van der Waals surface area contributed by atoms with Crippen molar-refractivity contribution in [1.29, 1.82) is 0 Å². The Labute approximate surface area is 97.3 Å². The Kier molecular flexibility index (Phi) is 2.99. The summed E-state index contributed by atoms with van der Waals surface area (Å²) in [7, 11) is 2.03. The topological polar surface area (TPSA) is 17.8 Å². The summed E-state index contributed by atoms with van der Waals surface area (Å²) >= 11 is 0. The fourth-order valence-electron chi connectivity index (χ4n) is 2.20. The molecule has 0 N–H and O–H groups in total. The second-order valence-corrected chi connectivity index (χ2v) is 4.77. The third-order valence-corrected chi connectivity index (χ3v) is 3.03. The van der Waals surface area contributed by atoms with E-state index in [0.717, 1.165) is 6.42 Å². The maximum Gasteiger partial charge on any atom is 0.0728 e. The number of fused-ring (bicyclic) bond motifs is 1. The van der Waals surface area contributed by atoms with E-state index in [1.807, 2.05) is 11.7 Å². The first-order valence-electron chi connectivity index (χ1n) is 6.09. The number of hydrogen-bond acceptors (Lipinski definition) is 1. The lowest BCUT2D eigenvalue weighted by atomic mass is 10.0. The third-order valence-electron chi connectivity index (χ3n) is 3.03. The SMILES string of the molecule is CCCc1ccc2c(C(C)C)nn(C)c2c1. The molecule has 16 heavy (non-hydrogen) atoms. The summed E-state index contributed by atoms with van der Waals surface area (Å²) in [5, 5.41) is 5.91. The molecule has 1 aromatic heterocycles. The van der Waals surface area contributed by atoms with Crippen molar-refractivity contribution in [2.24, 2.45) is 7.05 Å². The van der Waals surface area contributed by atoms with Gasteiger partial charge in [0.1, 0.15) is 0 Å². The predicted molar refractivity (Wildman–Crippen MR) is 68.8 cm³/mol. The minimum Gasteiger partial charge on any atom is -0.268 e. The fraction of sp³-hybridized carbons (Fsp3) is 0.500. The molecule has 0 aliphatic heterocycles. The Morgan fingerprint density at radius 1 is 1.31 bits per heavy atom. The normalized spacial score (nSPS) is 11.6. The lowest BCUT2D eigenvalue weighted by Gasteiger charge is -2.01. The minimum atomic E-state index is 0.487. The average molecular weight is 216 g/mol. The van der Waals surface area contributed by atoms with Crippen LogP contribution in [-0.2, 0) is 13.5 Å². The van der Waals surface area contributed by atoms with E-state index < -0.39 is 0 Å². The summed E-state index contributed by atoms with van der Waals surface area (Å²) < 4.78 is 2.00. The van der Waals surface area contributed by atoms with Gasteiger partial charge in [-0.2, -0.15) is 5.10 Å². The molecular weight excluding hydrogens is 196 g/mol. The molecule has 0 atom stereocenters. The lowest BCUT2D eigenvalue weighted by molar-refractivity contribution is 0.728. The van der Waals surface area contributed by atoms with Gasteiger partial charge in [0.05, 0.1) is 11.2 Å². The molecule has 0 radical (unpaired) electrons. The zero-order valence-corrected chi connectivity index (χ0v) is 10.6. The molecule has 0 aliphatic carbocycles. The molecular formula is C14H20N2. The zero-order chi connectivity index (χ0) is 11.7. The molecule has 2 nitrogen and oxygen atoms in total. The standard InChI is InChI=1S/C14H20N2/c1-5-6-11-7-8-12-13(9-11)16(4)15-14(12)10(2)3/h7-10H,5-6H2,1-4H3. The Balaban J connectivity index is 2.57. The summed E-state index contributed by atoms with van der Waals surface area (Å²) in [6, 6.07) is 6.74. The summed E-state index contributed by atoms with van der Waals surface area (Å²) in [5.74, 6) is 0.487. The van der Waals surface area contributed by atoms with E-state index in [-0.39, 0.29) is 0 Å². The van der Waals surface area contributed by atoms with Crippen molar-refractivity contribution in [2.75, 3.05) is 0 Å². The molecule has 2 rings (SSSR count). The lowest BCUT2D eigenvalue weighted by Crippen LogP contribution is -1.93. The van der Waals surface area contributed by atoms with Gasteiger partial charge in [0.25, 0.3) is 0 Å². The molecule has 0 amide bonds. The smallest absolute Gasteiger partial charge is 0.0728 e. The van der Waals surface area contributed by atoms with E-state index in [4.69, 9.17) is 0 Å². The second-order valence-electron chi connectivity index (χ2n) is 4.77. The largest absolute Gasteiger partial charge is 0.268 e. The van der Waals surface area contributed by atoms with Crippen LogP contribution in [0.4, 0.5) is 0 Å². The van der Waals surface area contributed by atoms with Gasteiger partial charge in [0.2, 0.25) is 0 Å². The monoisotopic (exact) mass is 216 g/mol. The van der Waals surface area contributed by atoms with E-state index >= 15 is 0 Å². The first-order chi connectivity index (χ1) is 7.63. The number of rotatable bonds is 3. The van der Waals surface area contributed by atoms with Gasteiger partial charge in [0, 0.05) is 12.4 Å². The highest BCUT2D eigenvalue weighted by atomic mass is 15.3. The van der Waals surface area contributed by atoms with E-state index in [9.17, 15) is 0 Å². The van der Waals surface area contributed by atoms with Crippen LogP contribution in [0.2, 0.25) is 0 Å². The Morgan fingerprint density at radius 3 is 2.69 bits per heavy atom. The van der Waals surface area contributed by atoms with Gasteiger partial charge in [0.15, 0.2) is 0 Å².